The van der Waals surface area contributed by atoms with Gasteiger partial charge in [0.25, 0.3) is 0 Å². The highest BCUT2D eigenvalue weighted by Gasteiger charge is 2.24. The number of rotatable bonds is 6. The predicted octanol–water partition coefficient (Wildman–Crippen LogP) is 14.0. The third-order valence-corrected chi connectivity index (χ3v) is 11.2. The first-order valence-corrected chi connectivity index (χ1v) is 18.2. The molecule has 0 unspecified atom stereocenters. The summed E-state index contributed by atoms with van der Waals surface area (Å²) in [4.78, 5) is 2.50. The van der Waals surface area contributed by atoms with Gasteiger partial charge in [-0.3, -0.25) is 0 Å². The van der Waals surface area contributed by atoms with Gasteiger partial charge < -0.3 is 9.47 Å². The number of hydrogen-bond acceptors (Lipinski definition) is 2. The van der Waals surface area contributed by atoms with Crippen LogP contribution in [0.2, 0.25) is 0 Å². The lowest BCUT2D eigenvalue weighted by atomic mass is 9.93. The summed E-state index contributed by atoms with van der Waals surface area (Å²) in [6.07, 6.45) is 0. The largest absolute Gasteiger partial charge is 0.309 e. The highest BCUT2D eigenvalue weighted by Crippen LogP contribution is 2.49. The van der Waals surface area contributed by atoms with Crippen molar-refractivity contribution in [1.29, 1.82) is 0 Å². The van der Waals surface area contributed by atoms with Gasteiger partial charge >= 0.3 is 0 Å². The van der Waals surface area contributed by atoms with Gasteiger partial charge in [-0.1, -0.05) is 140 Å². The Balaban J connectivity index is 1.31. The zero-order valence-electron chi connectivity index (χ0n) is 27.8. The molecule has 0 fully saturated rings. The Labute approximate surface area is 300 Å². The van der Waals surface area contributed by atoms with Crippen molar-refractivity contribution in [3.05, 3.63) is 194 Å². The zero-order valence-corrected chi connectivity index (χ0v) is 28.6. The third-order valence-electron chi connectivity index (χ3n) is 9.99. The van der Waals surface area contributed by atoms with E-state index in [-0.39, 0.29) is 0 Å². The Morgan fingerprint density at radius 2 is 1.00 bits per heavy atom. The molecule has 0 amide bonds. The maximum atomic E-state index is 2.50. The molecule has 51 heavy (non-hydrogen) atoms. The first-order valence-electron chi connectivity index (χ1n) is 17.4. The van der Waals surface area contributed by atoms with E-state index in [1.165, 1.54) is 69.9 Å². The molecule has 10 rings (SSSR count). The Hall–Kier alpha value is -6.42. The van der Waals surface area contributed by atoms with Gasteiger partial charge in [-0.25, -0.2) is 0 Å². The summed E-state index contributed by atoms with van der Waals surface area (Å²) >= 11 is 1.87. The number of nitrogens with zero attached hydrogens (tertiary/aromatic N) is 2. The first kappa shape index (κ1) is 29.5. The molecule has 0 aliphatic carbocycles. The van der Waals surface area contributed by atoms with Gasteiger partial charge in [0.15, 0.2) is 0 Å². The summed E-state index contributed by atoms with van der Waals surface area (Å²) in [5, 5.41) is 5.02. The molecule has 2 aromatic heterocycles. The normalized spacial score (nSPS) is 11.5. The number of thiophene rings is 1. The summed E-state index contributed by atoms with van der Waals surface area (Å²) < 4.78 is 4.97. The summed E-state index contributed by atoms with van der Waals surface area (Å²) in [5.41, 5.74) is 11.8. The second kappa shape index (κ2) is 12.2. The van der Waals surface area contributed by atoms with Gasteiger partial charge in [-0.05, 0) is 76.9 Å². The lowest BCUT2D eigenvalue weighted by Gasteiger charge is -2.28. The van der Waals surface area contributed by atoms with Gasteiger partial charge in [-0.2, -0.15) is 0 Å². The monoisotopic (exact) mass is 668 g/mol. The number of para-hydroxylation sites is 2. The molecule has 0 saturated carbocycles. The van der Waals surface area contributed by atoms with Crippen molar-refractivity contribution < 1.29 is 0 Å². The molecule has 2 heterocycles. The standard InChI is InChI=1S/C48H32N2S/c1-4-16-33(17-5-1)37-31-30-36(32-41(37)34-18-6-2-7-19-34)50(45-28-14-24-39-38-22-11-13-29-46(38)51-48(39)45)44-27-15-26-43-47(44)40-23-10-12-25-42(40)49(43)35-20-8-3-9-21-35/h1-32H. The van der Waals surface area contributed by atoms with E-state index in [9.17, 15) is 0 Å². The molecule has 2 nitrogen and oxygen atoms in total. The van der Waals surface area contributed by atoms with Crippen molar-refractivity contribution in [2.45, 2.75) is 0 Å². The van der Waals surface area contributed by atoms with E-state index in [0.717, 1.165) is 17.1 Å². The van der Waals surface area contributed by atoms with Gasteiger partial charge in [0.1, 0.15) is 0 Å². The SMILES string of the molecule is c1ccc(-c2ccc(N(c3cccc4c3sc3ccccc34)c3cccc4c3c3ccccc3n4-c3ccccc3)cc2-c2ccccc2)cc1. The predicted molar refractivity (Wildman–Crippen MR) is 219 cm³/mol. The van der Waals surface area contributed by atoms with Crippen molar-refractivity contribution in [1.82, 2.24) is 4.57 Å². The molecule has 0 aliphatic heterocycles. The fourth-order valence-corrected chi connectivity index (χ4v) is 8.96. The fraction of sp³-hybridized carbons (Fsp3) is 0. The molecule has 0 atom stereocenters. The average molecular weight is 669 g/mol. The van der Waals surface area contributed by atoms with Crippen LogP contribution in [0.4, 0.5) is 17.1 Å². The van der Waals surface area contributed by atoms with E-state index in [2.05, 4.69) is 204 Å². The molecule has 3 heteroatoms. The average Bonchev–Trinajstić information content (AvgIpc) is 3.76. The number of anilines is 3. The minimum Gasteiger partial charge on any atom is -0.309 e. The van der Waals surface area contributed by atoms with Crippen molar-refractivity contribution in [2.75, 3.05) is 4.90 Å². The molecular weight excluding hydrogens is 637 g/mol. The van der Waals surface area contributed by atoms with Crippen molar-refractivity contribution >= 4 is 70.4 Å². The lowest BCUT2D eigenvalue weighted by Crippen LogP contribution is -2.11. The van der Waals surface area contributed by atoms with Crippen molar-refractivity contribution in [3.8, 4) is 27.9 Å². The fourth-order valence-electron chi connectivity index (χ4n) is 7.76. The number of aromatic nitrogens is 1. The molecule has 0 saturated heterocycles. The topological polar surface area (TPSA) is 8.17 Å². The van der Waals surface area contributed by atoms with Crippen LogP contribution in [-0.2, 0) is 0 Å². The summed E-state index contributed by atoms with van der Waals surface area (Å²) in [7, 11) is 0. The first-order chi connectivity index (χ1) is 25.3. The minimum atomic E-state index is 1.11. The molecule has 10 aromatic rings. The summed E-state index contributed by atoms with van der Waals surface area (Å²) in [6.45, 7) is 0. The van der Waals surface area contributed by atoms with Crippen LogP contribution >= 0.6 is 11.3 Å². The maximum absolute atomic E-state index is 2.50. The molecule has 240 valence electrons. The Morgan fingerprint density at radius 1 is 0.412 bits per heavy atom. The van der Waals surface area contributed by atoms with Crippen LogP contribution in [0.25, 0.3) is 69.9 Å². The van der Waals surface area contributed by atoms with E-state index in [1.54, 1.807) is 0 Å². The number of benzene rings is 8. The van der Waals surface area contributed by atoms with Gasteiger partial charge in [0.05, 0.1) is 27.1 Å². The van der Waals surface area contributed by atoms with Crippen molar-refractivity contribution in [2.24, 2.45) is 0 Å². The molecule has 8 aromatic carbocycles. The van der Waals surface area contributed by atoms with E-state index in [4.69, 9.17) is 0 Å². The van der Waals surface area contributed by atoms with Crippen LogP contribution in [0, 0.1) is 0 Å². The Morgan fingerprint density at radius 3 is 1.78 bits per heavy atom. The quantitative estimate of drug-likeness (QED) is 0.171. The Kier molecular flexibility index (Phi) is 7.04. The molecule has 0 spiro atoms. The highest BCUT2D eigenvalue weighted by molar-refractivity contribution is 7.26. The van der Waals surface area contributed by atoms with E-state index < -0.39 is 0 Å². The minimum absolute atomic E-state index is 1.11. The summed E-state index contributed by atoms with van der Waals surface area (Å²) in [5.74, 6) is 0. The maximum Gasteiger partial charge on any atom is 0.0640 e. The van der Waals surface area contributed by atoms with Crippen LogP contribution in [0.15, 0.2) is 194 Å². The molecule has 0 aliphatic rings. The number of fused-ring (bicyclic) bond motifs is 6. The molecule has 0 radical (unpaired) electrons. The van der Waals surface area contributed by atoms with Crippen LogP contribution in [0.3, 0.4) is 0 Å². The lowest BCUT2D eigenvalue weighted by molar-refractivity contribution is 1.18. The van der Waals surface area contributed by atoms with Gasteiger partial charge in [0.2, 0.25) is 0 Å². The van der Waals surface area contributed by atoms with E-state index >= 15 is 0 Å². The second-order valence-corrected chi connectivity index (χ2v) is 14.0. The van der Waals surface area contributed by atoms with Gasteiger partial charge in [-0.15, -0.1) is 11.3 Å². The molecular formula is C48H32N2S. The smallest absolute Gasteiger partial charge is 0.0640 e. The van der Waals surface area contributed by atoms with Crippen LogP contribution in [0.5, 0.6) is 0 Å². The second-order valence-electron chi connectivity index (χ2n) is 12.9. The highest BCUT2D eigenvalue weighted by atomic mass is 32.1. The van der Waals surface area contributed by atoms with Crippen LogP contribution in [0.1, 0.15) is 0 Å². The van der Waals surface area contributed by atoms with E-state index in [0.29, 0.717) is 0 Å². The third kappa shape index (κ3) is 4.85. The zero-order chi connectivity index (χ0) is 33.7. The van der Waals surface area contributed by atoms with Crippen LogP contribution in [-0.4, -0.2) is 4.57 Å². The summed E-state index contributed by atoms with van der Waals surface area (Å²) in [6, 6.07) is 70.4. The molecule has 0 bridgehead atoms. The van der Waals surface area contributed by atoms with Crippen LogP contribution < -0.4 is 4.90 Å². The van der Waals surface area contributed by atoms with Gasteiger partial charge in [0, 0.05) is 37.6 Å². The Bertz CT molecular complexity index is 2850. The van der Waals surface area contributed by atoms with E-state index in [1.807, 2.05) is 11.3 Å². The molecule has 0 N–H and O–H groups in total. The number of hydrogen-bond donors (Lipinski definition) is 0. The van der Waals surface area contributed by atoms with Crippen molar-refractivity contribution in [3.63, 3.8) is 0 Å².